The van der Waals surface area contributed by atoms with Crippen LogP contribution in [0.15, 0.2) is 0 Å². The van der Waals surface area contributed by atoms with Gasteiger partial charge in [-0.1, -0.05) is 20.3 Å². The number of carbonyl (C=O) groups excluding carboxylic acids is 1. The van der Waals surface area contributed by atoms with Crippen molar-refractivity contribution in [2.45, 2.75) is 52.5 Å². The summed E-state index contributed by atoms with van der Waals surface area (Å²) in [6, 6.07) is 0.239. The van der Waals surface area contributed by atoms with Crippen LogP contribution < -0.4 is 5.73 Å². The first-order chi connectivity index (χ1) is 8.88. The number of hydrogen-bond acceptors (Lipinski definition) is 3. The average Bonchev–Trinajstić information content (AvgIpc) is 2.32. The highest BCUT2D eigenvalue weighted by molar-refractivity contribution is 5.78. The second-order valence-electron chi connectivity index (χ2n) is 5.94. The van der Waals surface area contributed by atoms with Crippen molar-refractivity contribution in [3.63, 3.8) is 0 Å². The van der Waals surface area contributed by atoms with Crippen molar-refractivity contribution >= 4 is 5.91 Å². The van der Waals surface area contributed by atoms with Crippen molar-refractivity contribution in [1.29, 1.82) is 0 Å². The van der Waals surface area contributed by atoms with Gasteiger partial charge in [-0.25, -0.2) is 0 Å². The van der Waals surface area contributed by atoms with E-state index in [2.05, 4.69) is 11.8 Å². The van der Waals surface area contributed by atoms with E-state index >= 15 is 0 Å². The fraction of sp³-hybridized carbons (Fsp3) is 0.933. The van der Waals surface area contributed by atoms with Gasteiger partial charge in [-0.3, -0.25) is 4.79 Å². The number of carbonyl (C=O) groups is 1. The smallest absolute Gasteiger partial charge is 0.225 e. The van der Waals surface area contributed by atoms with Crippen LogP contribution in [0.4, 0.5) is 0 Å². The topological polar surface area (TPSA) is 49.6 Å². The Bertz CT molecular complexity index is 242. The Kier molecular flexibility index (Phi) is 9.88. The maximum atomic E-state index is 12.4. The molecule has 19 heavy (non-hydrogen) atoms. The fourth-order valence-electron chi connectivity index (χ4n) is 2.10. The summed E-state index contributed by atoms with van der Waals surface area (Å²) in [7, 11) is 4.08. The molecule has 0 aromatic carbocycles. The maximum absolute atomic E-state index is 12.4. The lowest BCUT2D eigenvalue weighted by molar-refractivity contribution is -0.135. The van der Waals surface area contributed by atoms with Crippen LogP contribution in [0.2, 0.25) is 0 Å². The van der Waals surface area contributed by atoms with Crippen molar-refractivity contribution < 1.29 is 4.79 Å². The van der Waals surface area contributed by atoms with Gasteiger partial charge in [-0.15, -0.1) is 0 Å². The highest BCUT2D eigenvalue weighted by atomic mass is 16.2. The molecule has 0 bridgehead atoms. The Labute approximate surface area is 119 Å². The molecule has 0 fully saturated rings. The highest BCUT2D eigenvalue weighted by Crippen LogP contribution is 2.12. The van der Waals surface area contributed by atoms with Crippen LogP contribution in [0.25, 0.3) is 0 Å². The number of nitrogens with two attached hydrogens (primary N) is 1. The second kappa shape index (κ2) is 10.2. The van der Waals surface area contributed by atoms with Gasteiger partial charge in [0.25, 0.3) is 0 Å². The minimum atomic E-state index is 0.118. The third-order valence-corrected chi connectivity index (χ3v) is 3.34. The van der Waals surface area contributed by atoms with E-state index in [1.165, 1.54) is 0 Å². The van der Waals surface area contributed by atoms with Crippen LogP contribution in [0.3, 0.4) is 0 Å². The molecule has 0 aromatic heterocycles. The summed E-state index contributed by atoms with van der Waals surface area (Å²) in [5.74, 6) is 0.417. The van der Waals surface area contributed by atoms with Crippen LogP contribution in [0.5, 0.6) is 0 Å². The lowest BCUT2D eigenvalue weighted by atomic mass is 10.0. The largest absolute Gasteiger partial charge is 0.341 e. The van der Waals surface area contributed by atoms with Crippen molar-refractivity contribution in [2.75, 3.05) is 33.7 Å². The minimum absolute atomic E-state index is 0.118. The van der Waals surface area contributed by atoms with Gasteiger partial charge in [0, 0.05) is 31.6 Å². The summed E-state index contributed by atoms with van der Waals surface area (Å²) in [5.41, 5.74) is 5.74. The number of rotatable bonds is 10. The molecule has 0 aromatic rings. The summed E-state index contributed by atoms with van der Waals surface area (Å²) < 4.78 is 0. The summed E-state index contributed by atoms with van der Waals surface area (Å²) in [5, 5.41) is 0. The zero-order valence-electron chi connectivity index (χ0n) is 13.5. The van der Waals surface area contributed by atoms with Crippen molar-refractivity contribution in [3.8, 4) is 0 Å². The van der Waals surface area contributed by atoms with Gasteiger partial charge in [0.15, 0.2) is 0 Å². The Morgan fingerprint density at radius 3 is 2.21 bits per heavy atom. The van der Waals surface area contributed by atoms with Gasteiger partial charge < -0.3 is 15.5 Å². The number of amides is 1. The van der Waals surface area contributed by atoms with E-state index in [9.17, 15) is 4.79 Å². The first-order valence-electron chi connectivity index (χ1n) is 7.57. The average molecular weight is 271 g/mol. The third kappa shape index (κ3) is 9.00. The van der Waals surface area contributed by atoms with E-state index in [-0.39, 0.29) is 12.0 Å². The first kappa shape index (κ1) is 18.4. The van der Waals surface area contributed by atoms with Gasteiger partial charge in [-0.05, 0) is 40.3 Å². The van der Waals surface area contributed by atoms with Crippen LogP contribution in [-0.4, -0.2) is 55.5 Å². The van der Waals surface area contributed by atoms with E-state index in [4.69, 9.17) is 5.73 Å². The van der Waals surface area contributed by atoms with Crippen molar-refractivity contribution in [1.82, 2.24) is 9.80 Å². The predicted octanol–water partition coefficient (Wildman–Crippen LogP) is 1.94. The van der Waals surface area contributed by atoms with Crippen molar-refractivity contribution in [3.05, 3.63) is 0 Å². The third-order valence-electron chi connectivity index (χ3n) is 3.34. The van der Waals surface area contributed by atoms with Gasteiger partial charge >= 0.3 is 0 Å². The van der Waals surface area contributed by atoms with Gasteiger partial charge in [0.2, 0.25) is 5.91 Å². The summed E-state index contributed by atoms with van der Waals surface area (Å²) in [4.78, 5) is 16.5. The van der Waals surface area contributed by atoms with E-state index in [0.29, 0.717) is 5.91 Å². The summed E-state index contributed by atoms with van der Waals surface area (Å²) >= 11 is 0. The number of likely N-dealkylation sites (N-methyl/N-ethyl adjacent to an activating group) is 1. The van der Waals surface area contributed by atoms with E-state index in [1.54, 1.807) is 0 Å². The highest BCUT2D eigenvalue weighted by Gasteiger charge is 2.19. The number of nitrogens with zero attached hydrogens (tertiary/aromatic N) is 2. The second-order valence-corrected chi connectivity index (χ2v) is 5.94. The molecular formula is C15H33N3O. The molecule has 0 aliphatic rings. The quantitative estimate of drug-likeness (QED) is 0.660. The van der Waals surface area contributed by atoms with Crippen LogP contribution in [0, 0.1) is 5.92 Å². The first-order valence-corrected chi connectivity index (χ1v) is 7.57. The maximum Gasteiger partial charge on any atom is 0.225 e. The molecule has 0 radical (unpaired) electrons. The molecule has 0 aliphatic heterocycles. The molecule has 0 heterocycles. The molecule has 0 saturated carbocycles. The van der Waals surface area contributed by atoms with E-state index in [1.807, 2.05) is 32.8 Å². The lowest BCUT2D eigenvalue weighted by Crippen LogP contribution is -2.40. The SMILES string of the molecule is CCCN(CCN(C)C)C(=O)C(C)CCCC(C)N. The van der Waals surface area contributed by atoms with Gasteiger partial charge in [0.05, 0.1) is 0 Å². The predicted molar refractivity (Wildman–Crippen MR) is 82.1 cm³/mol. The Balaban J connectivity index is 4.19. The molecule has 0 spiro atoms. The van der Waals surface area contributed by atoms with Crippen LogP contribution >= 0.6 is 0 Å². The molecule has 1 amide bonds. The monoisotopic (exact) mass is 271 g/mol. The molecule has 2 atom stereocenters. The summed E-state index contributed by atoms with van der Waals surface area (Å²) in [6.07, 6.45) is 4.01. The molecule has 0 saturated heterocycles. The molecule has 0 aliphatic carbocycles. The minimum Gasteiger partial charge on any atom is -0.341 e. The molecule has 2 N–H and O–H groups in total. The normalized spacial score (nSPS) is 14.5. The summed E-state index contributed by atoms with van der Waals surface area (Å²) in [6.45, 7) is 8.81. The standard InChI is InChI=1S/C15H33N3O/c1-6-10-18(12-11-17(4)5)15(19)13(2)8-7-9-14(3)16/h13-14H,6-12,16H2,1-5H3. The van der Waals surface area contributed by atoms with Crippen molar-refractivity contribution in [2.24, 2.45) is 11.7 Å². The van der Waals surface area contributed by atoms with Gasteiger partial charge in [-0.2, -0.15) is 0 Å². The molecule has 4 heteroatoms. The number of hydrogen-bond donors (Lipinski definition) is 1. The molecule has 2 unspecified atom stereocenters. The molecular weight excluding hydrogens is 238 g/mol. The molecule has 0 rings (SSSR count). The van der Waals surface area contributed by atoms with Crippen LogP contribution in [0.1, 0.15) is 46.5 Å². The Morgan fingerprint density at radius 2 is 1.74 bits per heavy atom. The molecule has 114 valence electrons. The van der Waals surface area contributed by atoms with E-state index < -0.39 is 0 Å². The lowest BCUT2D eigenvalue weighted by Gasteiger charge is -2.27. The zero-order chi connectivity index (χ0) is 14.8. The Hall–Kier alpha value is -0.610. The van der Waals surface area contributed by atoms with Crippen LogP contribution in [-0.2, 0) is 4.79 Å². The molecule has 4 nitrogen and oxygen atoms in total. The zero-order valence-corrected chi connectivity index (χ0v) is 13.5. The van der Waals surface area contributed by atoms with Gasteiger partial charge in [0.1, 0.15) is 0 Å². The Morgan fingerprint density at radius 1 is 1.11 bits per heavy atom. The fourth-order valence-corrected chi connectivity index (χ4v) is 2.10. The van der Waals surface area contributed by atoms with E-state index in [0.717, 1.165) is 45.3 Å².